The molecule has 5 nitrogen and oxygen atoms in total. The molecule has 0 saturated carbocycles. The fourth-order valence-corrected chi connectivity index (χ4v) is 1.44. The molecule has 0 aliphatic heterocycles. The molecule has 0 aliphatic carbocycles. The molecule has 98 valence electrons. The van der Waals surface area contributed by atoms with Gasteiger partial charge in [-0.3, -0.25) is 4.79 Å². The van der Waals surface area contributed by atoms with Crippen LogP contribution in [0.3, 0.4) is 0 Å². The highest BCUT2D eigenvalue weighted by Gasteiger charge is 2.08. The lowest BCUT2D eigenvalue weighted by atomic mass is 10.2. The molecular weight excluding hydrogens is 234 g/mol. The lowest BCUT2D eigenvalue weighted by Crippen LogP contribution is -2.37. The zero-order valence-corrected chi connectivity index (χ0v) is 10.5. The van der Waals surface area contributed by atoms with Crippen LogP contribution in [0.2, 0.25) is 0 Å². The van der Waals surface area contributed by atoms with Gasteiger partial charge in [0.15, 0.2) is 0 Å². The van der Waals surface area contributed by atoms with E-state index < -0.39 is 5.97 Å². The molecular formula is C13H17NO4. The Hall–Kier alpha value is -2.04. The number of hydrogen-bond donors (Lipinski definition) is 2. The van der Waals surface area contributed by atoms with Crippen molar-refractivity contribution in [3.63, 3.8) is 0 Å². The van der Waals surface area contributed by atoms with Gasteiger partial charge in [0.05, 0.1) is 11.6 Å². The van der Waals surface area contributed by atoms with Crippen LogP contribution in [-0.2, 0) is 4.79 Å². The maximum Gasteiger partial charge on any atom is 0.335 e. The highest BCUT2D eigenvalue weighted by atomic mass is 16.5. The first-order valence-electron chi connectivity index (χ1n) is 5.76. The first-order chi connectivity index (χ1) is 8.52. The number of carbonyl (C=O) groups is 2. The van der Waals surface area contributed by atoms with Crippen LogP contribution in [0.4, 0.5) is 0 Å². The van der Waals surface area contributed by atoms with E-state index in [1.807, 2.05) is 6.92 Å². The molecule has 0 aliphatic rings. The van der Waals surface area contributed by atoms with Crippen molar-refractivity contribution in [2.75, 3.05) is 6.61 Å². The van der Waals surface area contributed by atoms with Gasteiger partial charge in [0, 0.05) is 6.92 Å². The predicted octanol–water partition coefficient (Wildman–Crippen LogP) is 1.68. The van der Waals surface area contributed by atoms with E-state index in [2.05, 4.69) is 5.32 Å². The highest BCUT2D eigenvalue weighted by Crippen LogP contribution is 2.12. The Morgan fingerprint density at radius 3 is 2.39 bits per heavy atom. The molecule has 0 saturated heterocycles. The van der Waals surface area contributed by atoms with Crippen molar-refractivity contribution in [2.45, 2.75) is 26.3 Å². The quantitative estimate of drug-likeness (QED) is 0.806. The maximum absolute atomic E-state index is 10.9. The Balaban J connectivity index is 2.52. The second-order valence-electron chi connectivity index (χ2n) is 3.95. The topological polar surface area (TPSA) is 75.6 Å². The first kappa shape index (κ1) is 14.0. The summed E-state index contributed by atoms with van der Waals surface area (Å²) in [6, 6.07) is 6.13. The van der Waals surface area contributed by atoms with Crippen molar-refractivity contribution in [1.82, 2.24) is 5.32 Å². The number of rotatable bonds is 6. The third-order valence-corrected chi connectivity index (χ3v) is 2.45. The number of carboxylic acids is 1. The van der Waals surface area contributed by atoms with Gasteiger partial charge in [-0.1, -0.05) is 6.92 Å². The van der Waals surface area contributed by atoms with Gasteiger partial charge >= 0.3 is 5.97 Å². The van der Waals surface area contributed by atoms with Crippen molar-refractivity contribution in [1.29, 1.82) is 0 Å². The number of ether oxygens (including phenoxy) is 1. The van der Waals surface area contributed by atoms with Crippen molar-refractivity contribution < 1.29 is 19.4 Å². The van der Waals surface area contributed by atoms with E-state index >= 15 is 0 Å². The lowest BCUT2D eigenvalue weighted by molar-refractivity contribution is -0.119. The molecule has 18 heavy (non-hydrogen) atoms. The molecule has 1 aromatic rings. The molecule has 0 heterocycles. The minimum absolute atomic E-state index is 0.0401. The third kappa shape index (κ3) is 4.45. The number of aromatic carboxylic acids is 1. The molecule has 1 unspecified atom stereocenters. The van der Waals surface area contributed by atoms with Gasteiger partial charge in [-0.05, 0) is 30.7 Å². The van der Waals surface area contributed by atoms with Gasteiger partial charge in [0.1, 0.15) is 12.4 Å². The summed E-state index contributed by atoms with van der Waals surface area (Å²) in [7, 11) is 0. The number of benzene rings is 1. The molecule has 5 heteroatoms. The standard InChI is InChI=1S/C13H17NO4/c1-3-11(14-9(2)15)8-18-12-6-4-10(5-7-12)13(16)17/h4-7,11H,3,8H2,1-2H3,(H,14,15)(H,16,17). The minimum atomic E-state index is -0.966. The molecule has 2 N–H and O–H groups in total. The van der Waals surface area contributed by atoms with Crippen molar-refractivity contribution in [3.8, 4) is 5.75 Å². The Morgan fingerprint density at radius 2 is 1.94 bits per heavy atom. The van der Waals surface area contributed by atoms with E-state index in [0.717, 1.165) is 6.42 Å². The molecule has 0 aromatic heterocycles. The summed E-state index contributed by atoms with van der Waals surface area (Å²) < 4.78 is 5.49. The van der Waals surface area contributed by atoms with E-state index in [4.69, 9.17) is 9.84 Å². The number of nitrogens with one attached hydrogen (secondary N) is 1. The molecule has 0 fully saturated rings. The summed E-state index contributed by atoms with van der Waals surface area (Å²) >= 11 is 0. The second-order valence-corrected chi connectivity index (χ2v) is 3.95. The number of carboxylic acid groups (broad SMARTS) is 1. The third-order valence-electron chi connectivity index (χ3n) is 2.45. The predicted molar refractivity (Wildman–Crippen MR) is 66.8 cm³/mol. The van der Waals surface area contributed by atoms with E-state index in [1.54, 1.807) is 12.1 Å². The summed E-state index contributed by atoms with van der Waals surface area (Å²) in [4.78, 5) is 21.6. The largest absolute Gasteiger partial charge is 0.491 e. The van der Waals surface area contributed by atoms with Gasteiger partial charge in [-0.25, -0.2) is 4.79 Å². The van der Waals surface area contributed by atoms with Crippen LogP contribution in [0, 0.1) is 0 Å². The molecule has 0 spiro atoms. The van der Waals surface area contributed by atoms with Crippen molar-refractivity contribution in [2.24, 2.45) is 0 Å². The molecule has 0 radical (unpaired) electrons. The van der Waals surface area contributed by atoms with Crippen molar-refractivity contribution in [3.05, 3.63) is 29.8 Å². The Morgan fingerprint density at radius 1 is 1.33 bits per heavy atom. The highest BCUT2D eigenvalue weighted by molar-refractivity contribution is 5.87. The summed E-state index contributed by atoms with van der Waals surface area (Å²) in [5.74, 6) is -0.471. The Labute approximate surface area is 106 Å². The summed E-state index contributed by atoms with van der Waals surface area (Å²) in [6.07, 6.45) is 0.771. The van der Waals surface area contributed by atoms with E-state index in [1.165, 1.54) is 19.1 Å². The average Bonchev–Trinajstić information content (AvgIpc) is 2.34. The van der Waals surface area contributed by atoms with E-state index in [0.29, 0.717) is 12.4 Å². The van der Waals surface area contributed by atoms with Crippen LogP contribution in [0.1, 0.15) is 30.6 Å². The fraction of sp³-hybridized carbons (Fsp3) is 0.385. The monoisotopic (exact) mass is 251 g/mol. The lowest BCUT2D eigenvalue weighted by Gasteiger charge is -2.16. The molecule has 1 rings (SSSR count). The Bertz CT molecular complexity index is 414. The normalized spacial score (nSPS) is 11.7. The Kier molecular flexibility index (Phi) is 5.17. The van der Waals surface area contributed by atoms with Gasteiger partial charge < -0.3 is 15.2 Å². The summed E-state index contributed by atoms with van der Waals surface area (Å²) in [5.41, 5.74) is 0.219. The summed E-state index contributed by atoms with van der Waals surface area (Å²) in [5, 5.41) is 11.5. The zero-order chi connectivity index (χ0) is 13.5. The zero-order valence-electron chi connectivity index (χ0n) is 10.5. The van der Waals surface area contributed by atoms with E-state index in [9.17, 15) is 9.59 Å². The maximum atomic E-state index is 10.9. The van der Waals surface area contributed by atoms with Gasteiger partial charge in [-0.2, -0.15) is 0 Å². The molecule has 0 bridgehead atoms. The van der Waals surface area contributed by atoms with Crippen LogP contribution >= 0.6 is 0 Å². The van der Waals surface area contributed by atoms with Crippen LogP contribution in [0.5, 0.6) is 5.75 Å². The van der Waals surface area contributed by atoms with Crippen LogP contribution < -0.4 is 10.1 Å². The second kappa shape index (κ2) is 6.64. The molecule has 1 amide bonds. The average molecular weight is 251 g/mol. The molecule has 1 atom stereocenters. The van der Waals surface area contributed by atoms with Crippen LogP contribution in [0.15, 0.2) is 24.3 Å². The van der Waals surface area contributed by atoms with Gasteiger partial charge in [0.25, 0.3) is 0 Å². The smallest absolute Gasteiger partial charge is 0.335 e. The van der Waals surface area contributed by atoms with E-state index in [-0.39, 0.29) is 17.5 Å². The number of amides is 1. The fourth-order valence-electron chi connectivity index (χ4n) is 1.44. The van der Waals surface area contributed by atoms with Gasteiger partial charge in [-0.15, -0.1) is 0 Å². The van der Waals surface area contributed by atoms with Crippen LogP contribution in [0.25, 0.3) is 0 Å². The van der Waals surface area contributed by atoms with Crippen molar-refractivity contribution >= 4 is 11.9 Å². The molecule has 1 aromatic carbocycles. The summed E-state index contributed by atoms with van der Waals surface area (Å²) in [6.45, 7) is 3.78. The van der Waals surface area contributed by atoms with Gasteiger partial charge in [0.2, 0.25) is 5.91 Å². The van der Waals surface area contributed by atoms with Crippen LogP contribution in [-0.4, -0.2) is 29.6 Å². The first-order valence-corrected chi connectivity index (χ1v) is 5.76. The minimum Gasteiger partial charge on any atom is -0.491 e. The number of hydrogen-bond acceptors (Lipinski definition) is 3. The number of carbonyl (C=O) groups excluding carboxylic acids is 1. The SMILES string of the molecule is CCC(COc1ccc(C(=O)O)cc1)NC(C)=O.